The highest BCUT2D eigenvalue weighted by Gasteiger charge is 2.30. The van der Waals surface area contributed by atoms with Crippen molar-refractivity contribution in [1.29, 1.82) is 0 Å². The van der Waals surface area contributed by atoms with Gasteiger partial charge < -0.3 is 10.2 Å². The van der Waals surface area contributed by atoms with Gasteiger partial charge in [-0.25, -0.2) is 8.42 Å². The van der Waals surface area contributed by atoms with Crippen molar-refractivity contribution < 1.29 is 18.0 Å². The maximum atomic E-state index is 13.5. The van der Waals surface area contributed by atoms with E-state index in [1.54, 1.807) is 19.1 Å². The molecule has 0 aliphatic heterocycles. The maximum Gasteiger partial charge on any atom is 0.244 e. The van der Waals surface area contributed by atoms with Gasteiger partial charge in [0, 0.05) is 17.6 Å². The van der Waals surface area contributed by atoms with Gasteiger partial charge in [0.15, 0.2) is 0 Å². The Morgan fingerprint density at radius 1 is 1.09 bits per heavy atom. The zero-order valence-corrected chi connectivity index (χ0v) is 22.2. The number of hydrogen-bond donors (Lipinski definition) is 1. The van der Waals surface area contributed by atoms with E-state index >= 15 is 0 Å². The van der Waals surface area contributed by atoms with Gasteiger partial charge in [0.1, 0.15) is 12.6 Å². The molecule has 2 amide bonds. The molecule has 0 aromatic heterocycles. The molecule has 0 spiro atoms. The van der Waals surface area contributed by atoms with Crippen molar-refractivity contribution in [3.05, 3.63) is 64.2 Å². The smallest absolute Gasteiger partial charge is 0.244 e. The lowest BCUT2D eigenvalue weighted by atomic mass is 10.1. The molecule has 2 atom stereocenters. The molecule has 186 valence electrons. The molecule has 1 N–H and O–H groups in total. The van der Waals surface area contributed by atoms with Gasteiger partial charge in [-0.3, -0.25) is 13.9 Å². The molecular weight excluding hydrogens is 474 g/mol. The number of hydrogen-bond acceptors (Lipinski definition) is 4. The van der Waals surface area contributed by atoms with Crippen molar-refractivity contribution in [2.45, 2.75) is 59.7 Å². The number of sulfonamides is 1. The van der Waals surface area contributed by atoms with Crippen molar-refractivity contribution in [3.63, 3.8) is 0 Å². The number of rotatable bonds is 10. The van der Waals surface area contributed by atoms with Crippen LogP contribution in [0.25, 0.3) is 0 Å². The number of anilines is 1. The standard InChI is InChI=1S/C25H34ClN3O4S/c1-7-19(4)27-25(31)20(5)28(15-21-10-8-9-17(2)13-21)24(30)16-29(34(6,32)33)22-12-11-18(3)23(26)14-22/h8-14,19-20H,7,15-16H2,1-6H3,(H,27,31). The Bertz CT molecular complexity index is 1140. The molecule has 0 heterocycles. The number of carbonyl (C=O) groups excluding carboxylic acids is 2. The second-order valence-electron chi connectivity index (χ2n) is 8.71. The quantitative estimate of drug-likeness (QED) is 0.525. The molecule has 34 heavy (non-hydrogen) atoms. The summed E-state index contributed by atoms with van der Waals surface area (Å²) < 4.78 is 26.2. The molecule has 0 bridgehead atoms. The summed E-state index contributed by atoms with van der Waals surface area (Å²) in [5.74, 6) is -0.782. The van der Waals surface area contributed by atoms with Crippen LogP contribution >= 0.6 is 11.6 Å². The van der Waals surface area contributed by atoms with E-state index in [1.807, 2.05) is 52.0 Å². The van der Waals surface area contributed by atoms with Crippen LogP contribution in [0, 0.1) is 13.8 Å². The van der Waals surface area contributed by atoms with E-state index in [0.29, 0.717) is 10.7 Å². The molecule has 0 fully saturated rings. The summed E-state index contributed by atoms with van der Waals surface area (Å²) in [7, 11) is -3.80. The molecule has 9 heteroatoms. The summed E-state index contributed by atoms with van der Waals surface area (Å²) in [6, 6.07) is 11.6. The number of nitrogens with zero attached hydrogens (tertiary/aromatic N) is 2. The summed E-state index contributed by atoms with van der Waals surface area (Å²) in [5.41, 5.74) is 2.95. The van der Waals surface area contributed by atoms with Gasteiger partial charge in [-0.15, -0.1) is 0 Å². The fourth-order valence-corrected chi connectivity index (χ4v) is 4.42. The van der Waals surface area contributed by atoms with Crippen molar-refractivity contribution in [2.24, 2.45) is 0 Å². The summed E-state index contributed by atoms with van der Waals surface area (Å²) in [4.78, 5) is 27.8. The average molecular weight is 508 g/mol. The Kier molecular flexibility index (Phi) is 9.53. The van der Waals surface area contributed by atoms with Crippen LogP contribution in [0.1, 0.15) is 43.9 Å². The van der Waals surface area contributed by atoms with Crippen molar-refractivity contribution in [1.82, 2.24) is 10.2 Å². The predicted molar refractivity (Wildman–Crippen MR) is 137 cm³/mol. The summed E-state index contributed by atoms with van der Waals surface area (Å²) >= 11 is 6.21. The minimum absolute atomic E-state index is 0.0481. The number of carbonyl (C=O) groups is 2. The van der Waals surface area contributed by atoms with Crippen LogP contribution in [-0.4, -0.2) is 50.0 Å². The van der Waals surface area contributed by atoms with E-state index in [9.17, 15) is 18.0 Å². The summed E-state index contributed by atoms with van der Waals surface area (Å²) in [6.45, 7) is 8.97. The lowest BCUT2D eigenvalue weighted by Crippen LogP contribution is -2.52. The molecule has 0 aliphatic carbocycles. The van der Waals surface area contributed by atoms with E-state index < -0.39 is 28.5 Å². The largest absolute Gasteiger partial charge is 0.352 e. The second-order valence-corrected chi connectivity index (χ2v) is 11.0. The highest BCUT2D eigenvalue weighted by molar-refractivity contribution is 7.92. The first-order valence-corrected chi connectivity index (χ1v) is 13.4. The number of benzene rings is 2. The minimum atomic E-state index is -3.80. The highest BCUT2D eigenvalue weighted by Crippen LogP contribution is 2.25. The molecule has 2 aromatic rings. The number of aryl methyl sites for hydroxylation is 2. The zero-order valence-electron chi connectivity index (χ0n) is 20.6. The summed E-state index contributed by atoms with van der Waals surface area (Å²) in [6.07, 6.45) is 1.79. The van der Waals surface area contributed by atoms with Gasteiger partial charge in [0.05, 0.1) is 11.9 Å². The highest BCUT2D eigenvalue weighted by atomic mass is 35.5. The molecule has 0 radical (unpaired) electrons. The van der Waals surface area contributed by atoms with Gasteiger partial charge in [-0.1, -0.05) is 54.4 Å². The molecule has 2 rings (SSSR count). The monoisotopic (exact) mass is 507 g/mol. The first-order chi connectivity index (χ1) is 15.8. The Hall–Kier alpha value is -2.58. The van der Waals surface area contributed by atoms with Crippen LogP contribution < -0.4 is 9.62 Å². The maximum absolute atomic E-state index is 13.5. The molecule has 2 aromatic carbocycles. The van der Waals surface area contributed by atoms with Crippen LogP contribution in [0.2, 0.25) is 5.02 Å². The third-order valence-corrected chi connectivity index (χ3v) is 7.27. The van der Waals surface area contributed by atoms with Gasteiger partial charge in [-0.05, 0) is 57.4 Å². The van der Waals surface area contributed by atoms with Crippen molar-refractivity contribution in [2.75, 3.05) is 17.1 Å². The SMILES string of the molecule is CCC(C)NC(=O)C(C)N(Cc1cccc(C)c1)C(=O)CN(c1ccc(C)c(Cl)c1)S(C)(=O)=O. The predicted octanol–water partition coefficient (Wildman–Crippen LogP) is 4.05. The number of halogens is 1. The molecule has 2 unspecified atom stereocenters. The third kappa shape index (κ3) is 7.46. The van der Waals surface area contributed by atoms with Gasteiger partial charge in [0.25, 0.3) is 0 Å². The number of amides is 2. The average Bonchev–Trinajstić information content (AvgIpc) is 2.76. The molecule has 0 saturated heterocycles. The van der Waals surface area contributed by atoms with E-state index in [2.05, 4.69) is 5.32 Å². The summed E-state index contributed by atoms with van der Waals surface area (Å²) in [5, 5.41) is 3.31. The van der Waals surface area contributed by atoms with Crippen molar-refractivity contribution in [3.8, 4) is 0 Å². The fraction of sp³-hybridized carbons (Fsp3) is 0.440. The van der Waals surface area contributed by atoms with Crippen LogP contribution in [0.4, 0.5) is 5.69 Å². The van der Waals surface area contributed by atoms with E-state index in [4.69, 9.17) is 11.6 Å². The van der Waals surface area contributed by atoms with E-state index in [0.717, 1.165) is 33.7 Å². The van der Waals surface area contributed by atoms with E-state index in [1.165, 1.54) is 11.0 Å². The first kappa shape index (κ1) is 27.7. The van der Waals surface area contributed by atoms with Gasteiger partial charge in [0.2, 0.25) is 21.8 Å². The normalized spacial score (nSPS) is 13.1. The van der Waals surface area contributed by atoms with Crippen molar-refractivity contribution >= 4 is 39.1 Å². The zero-order chi connectivity index (χ0) is 25.6. The second kappa shape index (κ2) is 11.7. The van der Waals surface area contributed by atoms with E-state index in [-0.39, 0.29) is 18.5 Å². The lowest BCUT2D eigenvalue weighted by molar-refractivity contribution is -0.139. The molecule has 0 saturated carbocycles. The molecular formula is C25H34ClN3O4S. The molecule has 7 nitrogen and oxygen atoms in total. The Morgan fingerprint density at radius 2 is 1.76 bits per heavy atom. The van der Waals surface area contributed by atoms with Gasteiger partial charge in [-0.2, -0.15) is 0 Å². The Balaban J connectivity index is 2.41. The van der Waals surface area contributed by atoms with Crippen LogP contribution in [0.5, 0.6) is 0 Å². The van der Waals surface area contributed by atoms with Crippen LogP contribution in [0.15, 0.2) is 42.5 Å². The Labute approximate surface area is 208 Å². The first-order valence-electron chi connectivity index (χ1n) is 11.2. The van der Waals surface area contributed by atoms with Gasteiger partial charge >= 0.3 is 0 Å². The topological polar surface area (TPSA) is 86.8 Å². The molecule has 0 aliphatic rings. The van der Waals surface area contributed by atoms with Crippen LogP contribution in [0.3, 0.4) is 0 Å². The number of nitrogens with one attached hydrogen (secondary N) is 1. The third-order valence-electron chi connectivity index (χ3n) is 5.73. The van der Waals surface area contributed by atoms with Crippen LogP contribution in [-0.2, 0) is 26.2 Å². The minimum Gasteiger partial charge on any atom is -0.352 e. The lowest BCUT2D eigenvalue weighted by Gasteiger charge is -2.32. The fourth-order valence-electron chi connectivity index (χ4n) is 3.41. The Morgan fingerprint density at radius 3 is 2.32 bits per heavy atom.